The molecule has 33 heavy (non-hydrogen) atoms. The minimum atomic E-state index is -0.955. The average molecular weight is 468 g/mol. The Morgan fingerprint density at radius 2 is 2.00 bits per heavy atom. The molecule has 0 bridgehead atoms. The summed E-state index contributed by atoms with van der Waals surface area (Å²) in [4.78, 5) is 25.7. The third-order valence-corrected chi connectivity index (χ3v) is 6.91. The van der Waals surface area contributed by atoms with Crippen LogP contribution < -0.4 is 5.32 Å². The number of anilines is 1. The standard InChI is InChI=1S/C25H23ClFN3O3/c1-33-23(31)20-12-17(6-7-19(20)15-13-28-30(14-15)18-3-2-4-18)29-24(32)25(9-10-25)21-11-16(26)5-8-22(21)27/h5-8,11-14,18H,2-4,9-10H2,1H3,(H,29,32). The smallest absolute Gasteiger partial charge is 0.338 e. The van der Waals surface area contributed by atoms with E-state index in [-0.39, 0.29) is 5.91 Å². The number of methoxy groups -OCH3 is 1. The second kappa shape index (κ2) is 8.30. The number of aromatic nitrogens is 2. The van der Waals surface area contributed by atoms with Gasteiger partial charge in [-0.1, -0.05) is 17.7 Å². The molecule has 6 nitrogen and oxygen atoms in total. The molecule has 5 rings (SSSR count). The maximum atomic E-state index is 14.4. The van der Waals surface area contributed by atoms with Crippen LogP contribution in [0, 0.1) is 5.82 Å². The summed E-state index contributed by atoms with van der Waals surface area (Å²) in [5.41, 5.74) is 1.57. The first-order valence-electron chi connectivity index (χ1n) is 11.0. The number of rotatable bonds is 6. The SMILES string of the molecule is COC(=O)c1cc(NC(=O)C2(c3cc(Cl)ccc3F)CC2)ccc1-c1cnn(C2CCC2)c1. The Morgan fingerprint density at radius 1 is 1.21 bits per heavy atom. The van der Waals surface area contributed by atoms with Crippen LogP contribution in [-0.4, -0.2) is 28.8 Å². The molecule has 2 aromatic carbocycles. The molecule has 2 aliphatic rings. The van der Waals surface area contributed by atoms with Crippen LogP contribution in [0.25, 0.3) is 11.1 Å². The van der Waals surface area contributed by atoms with E-state index in [1.165, 1.54) is 31.7 Å². The summed E-state index contributed by atoms with van der Waals surface area (Å²) in [6.45, 7) is 0. The topological polar surface area (TPSA) is 73.2 Å². The normalized spacial score (nSPS) is 16.7. The zero-order valence-electron chi connectivity index (χ0n) is 18.1. The number of nitrogens with zero attached hydrogens (tertiary/aromatic N) is 2. The number of carbonyl (C=O) groups excluding carboxylic acids is 2. The van der Waals surface area contributed by atoms with Crippen molar-refractivity contribution in [3.63, 3.8) is 0 Å². The van der Waals surface area contributed by atoms with Gasteiger partial charge in [-0.25, -0.2) is 9.18 Å². The van der Waals surface area contributed by atoms with Crippen molar-refractivity contribution >= 4 is 29.2 Å². The van der Waals surface area contributed by atoms with Crippen molar-refractivity contribution in [2.45, 2.75) is 43.6 Å². The van der Waals surface area contributed by atoms with Gasteiger partial charge in [0.05, 0.1) is 30.3 Å². The molecule has 3 aromatic rings. The molecule has 0 aliphatic heterocycles. The summed E-state index contributed by atoms with van der Waals surface area (Å²) in [5, 5.41) is 7.68. The van der Waals surface area contributed by atoms with Gasteiger partial charge in [0.1, 0.15) is 5.82 Å². The molecule has 1 amide bonds. The van der Waals surface area contributed by atoms with Gasteiger partial charge in [-0.05, 0) is 68.0 Å². The van der Waals surface area contributed by atoms with E-state index < -0.39 is 17.2 Å². The van der Waals surface area contributed by atoms with Gasteiger partial charge < -0.3 is 10.1 Å². The van der Waals surface area contributed by atoms with E-state index in [0.29, 0.717) is 46.3 Å². The molecule has 2 aliphatic carbocycles. The van der Waals surface area contributed by atoms with E-state index in [4.69, 9.17) is 16.3 Å². The van der Waals surface area contributed by atoms with Crippen LogP contribution in [0.15, 0.2) is 48.8 Å². The second-order valence-electron chi connectivity index (χ2n) is 8.71. The largest absolute Gasteiger partial charge is 0.465 e. The third kappa shape index (κ3) is 3.91. The van der Waals surface area contributed by atoms with Gasteiger partial charge in [-0.2, -0.15) is 5.10 Å². The fourth-order valence-electron chi connectivity index (χ4n) is 4.34. The maximum absolute atomic E-state index is 14.4. The molecule has 8 heteroatoms. The van der Waals surface area contributed by atoms with Crippen molar-refractivity contribution in [3.8, 4) is 11.1 Å². The fraction of sp³-hybridized carbons (Fsp3) is 0.320. The summed E-state index contributed by atoms with van der Waals surface area (Å²) in [6.07, 6.45) is 8.12. The molecular formula is C25H23ClFN3O3. The number of halogens is 2. The van der Waals surface area contributed by atoms with Crippen molar-refractivity contribution in [1.82, 2.24) is 9.78 Å². The Morgan fingerprint density at radius 3 is 2.67 bits per heavy atom. The Kier molecular flexibility index (Phi) is 5.44. The highest BCUT2D eigenvalue weighted by Crippen LogP contribution is 2.50. The number of amides is 1. The average Bonchev–Trinajstić information content (AvgIpc) is 3.46. The lowest BCUT2D eigenvalue weighted by atomic mass is 9.93. The highest BCUT2D eigenvalue weighted by Gasteiger charge is 2.53. The molecule has 1 aromatic heterocycles. The van der Waals surface area contributed by atoms with Gasteiger partial charge in [-0.3, -0.25) is 9.48 Å². The van der Waals surface area contributed by atoms with Gasteiger partial charge in [0.25, 0.3) is 0 Å². The van der Waals surface area contributed by atoms with Crippen LogP contribution in [0.4, 0.5) is 10.1 Å². The second-order valence-corrected chi connectivity index (χ2v) is 9.14. The first kappa shape index (κ1) is 21.6. The predicted octanol–water partition coefficient (Wildman–Crippen LogP) is 5.52. The number of esters is 1. The zero-order chi connectivity index (χ0) is 23.2. The molecule has 0 spiro atoms. The Balaban J connectivity index is 1.43. The molecule has 1 N–H and O–H groups in total. The number of benzene rings is 2. The zero-order valence-corrected chi connectivity index (χ0v) is 18.9. The van der Waals surface area contributed by atoms with Crippen molar-refractivity contribution in [2.75, 3.05) is 12.4 Å². The van der Waals surface area contributed by atoms with Crippen LogP contribution in [0.2, 0.25) is 5.02 Å². The van der Waals surface area contributed by atoms with Crippen LogP contribution >= 0.6 is 11.6 Å². The van der Waals surface area contributed by atoms with E-state index in [0.717, 1.165) is 18.4 Å². The lowest BCUT2D eigenvalue weighted by Crippen LogP contribution is -2.28. The number of hydrogen-bond donors (Lipinski definition) is 1. The first-order valence-corrected chi connectivity index (χ1v) is 11.3. The monoisotopic (exact) mass is 467 g/mol. The van der Waals surface area contributed by atoms with Crippen LogP contribution in [-0.2, 0) is 14.9 Å². The Labute approximate surface area is 195 Å². The minimum absolute atomic E-state index is 0.292. The van der Waals surface area contributed by atoms with E-state index in [2.05, 4.69) is 10.4 Å². The lowest BCUT2D eigenvalue weighted by Gasteiger charge is -2.25. The van der Waals surface area contributed by atoms with Crippen molar-refractivity contribution < 1.29 is 18.7 Å². The number of nitrogens with one attached hydrogen (secondary N) is 1. The Hall–Kier alpha value is -3.19. The minimum Gasteiger partial charge on any atom is -0.465 e. The van der Waals surface area contributed by atoms with Crippen LogP contribution in [0.5, 0.6) is 0 Å². The van der Waals surface area contributed by atoms with Crippen molar-refractivity contribution in [2.24, 2.45) is 0 Å². The number of ether oxygens (including phenoxy) is 1. The number of hydrogen-bond acceptors (Lipinski definition) is 4. The molecule has 0 radical (unpaired) electrons. The third-order valence-electron chi connectivity index (χ3n) is 6.67. The highest BCUT2D eigenvalue weighted by molar-refractivity contribution is 6.30. The summed E-state index contributed by atoms with van der Waals surface area (Å²) >= 11 is 6.04. The lowest BCUT2D eigenvalue weighted by molar-refractivity contribution is -0.118. The fourth-order valence-corrected chi connectivity index (χ4v) is 4.51. The van der Waals surface area contributed by atoms with Crippen LogP contribution in [0.1, 0.15) is 54.1 Å². The molecule has 0 atom stereocenters. The molecule has 0 saturated heterocycles. The Bertz CT molecular complexity index is 1250. The molecule has 0 unspecified atom stereocenters. The van der Waals surface area contributed by atoms with E-state index in [9.17, 15) is 14.0 Å². The van der Waals surface area contributed by atoms with Crippen molar-refractivity contribution in [3.05, 3.63) is 70.8 Å². The van der Waals surface area contributed by atoms with Gasteiger partial charge in [0.15, 0.2) is 0 Å². The molecular weight excluding hydrogens is 445 g/mol. The van der Waals surface area contributed by atoms with Gasteiger partial charge in [0, 0.05) is 28.0 Å². The van der Waals surface area contributed by atoms with Crippen LogP contribution in [0.3, 0.4) is 0 Å². The maximum Gasteiger partial charge on any atom is 0.338 e. The summed E-state index contributed by atoms with van der Waals surface area (Å²) in [7, 11) is 1.32. The predicted molar refractivity (Wildman–Crippen MR) is 123 cm³/mol. The summed E-state index contributed by atoms with van der Waals surface area (Å²) < 4.78 is 21.4. The van der Waals surface area contributed by atoms with E-state index in [1.54, 1.807) is 24.4 Å². The van der Waals surface area contributed by atoms with Gasteiger partial charge in [-0.15, -0.1) is 0 Å². The first-order chi connectivity index (χ1) is 15.9. The van der Waals surface area contributed by atoms with E-state index >= 15 is 0 Å². The molecule has 170 valence electrons. The quantitative estimate of drug-likeness (QED) is 0.484. The summed E-state index contributed by atoms with van der Waals surface area (Å²) in [6, 6.07) is 9.73. The van der Waals surface area contributed by atoms with Crippen molar-refractivity contribution in [1.29, 1.82) is 0 Å². The van der Waals surface area contributed by atoms with Gasteiger partial charge >= 0.3 is 5.97 Å². The van der Waals surface area contributed by atoms with Gasteiger partial charge in [0.2, 0.25) is 5.91 Å². The number of carbonyl (C=O) groups is 2. The summed E-state index contributed by atoms with van der Waals surface area (Å²) in [5.74, 6) is -1.30. The molecule has 2 saturated carbocycles. The molecule has 2 fully saturated rings. The highest BCUT2D eigenvalue weighted by atomic mass is 35.5. The molecule has 1 heterocycles. The van der Waals surface area contributed by atoms with E-state index in [1.807, 2.05) is 10.9 Å².